The van der Waals surface area contributed by atoms with Gasteiger partial charge in [0.05, 0.1) is 16.6 Å². The molecule has 0 bridgehead atoms. The molecular weight excluding hydrogens is 410 g/mol. The van der Waals surface area contributed by atoms with Gasteiger partial charge in [-0.25, -0.2) is 8.42 Å². The van der Waals surface area contributed by atoms with Gasteiger partial charge in [0.15, 0.2) is 0 Å². The number of amides is 1. The summed E-state index contributed by atoms with van der Waals surface area (Å²) in [7, 11) is 1.62. The molecule has 1 amide bonds. The number of hydrogen-bond donors (Lipinski definition) is 1. The molecule has 0 spiro atoms. The van der Waals surface area contributed by atoms with Gasteiger partial charge in [0, 0.05) is 19.2 Å². The lowest BCUT2D eigenvalue weighted by atomic mass is 10.1. The van der Waals surface area contributed by atoms with Gasteiger partial charge in [-0.3, -0.25) is 9.10 Å². The quantitative estimate of drug-likeness (QED) is 0.585. The summed E-state index contributed by atoms with van der Waals surface area (Å²) in [5.41, 5.74) is 1.94. The molecule has 3 aromatic carbocycles. The zero-order chi connectivity index (χ0) is 22.4. The molecule has 1 atom stereocenters. The SMILES string of the molecule is CN(C)C(CNC(=O)c1cccc(S(=O)(=O)N(C)c2ccccc2)c1)c1ccccc1. The van der Waals surface area contributed by atoms with E-state index in [0.29, 0.717) is 17.8 Å². The Bertz CT molecular complexity index is 1120. The van der Waals surface area contributed by atoms with Gasteiger partial charge < -0.3 is 10.2 Å². The Morgan fingerprint density at radius 2 is 1.48 bits per heavy atom. The number of benzene rings is 3. The molecule has 1 N–H and O–H groups in total. The fourth-order valence-electron chi connectivity index (χ4n) is 3.30. The maximum absolute atomic E-state index is 13.0. The summed E-state index contributed by atoms with van der Waals surface area (Å²) in [6.45, 7) is 0.400. The first-order chi connectivity index (χ1) is 14.8. The lowest BCUT2D eigenvalue weighted by Gasteiger charge is -2.25. The topological polar surface area (TPSA) is 69.7 Å². The Balaban J connectivity index is 1.77. The highest BCUT2D eigenvalue weighted by Crippen LogP contribution is 2.22. The van der Waals surface area contributed by atoms with Gasteiger partial charge in [-0.1, -0.05) is 54.6 Å². The molecule has 0 radical (unpaired) electrons. The summed E-state index contributed by atoms with van der Waals surface area (Å²) >= 11 is 0. The van der Waals surface area contributed by atoms with E-state index >= 15 is 0 Å². The number of carbonyl (C=O) groups is 1. The maximum Gasteiger partial charge on any atom is 0.264 e. The molecule has 0 aliphatic rings. The van der Waals surface area contributed by atoms with E-state index in [2.05, 4.69) is 5.32 Å². The van der Waals surface area contributed by atoms with Gasteiger partial charge in [0.1, 0.15) is 0 Å². The number of para-hydroxylation sites is 1. The zero-order valence-corrected chi connectivity index (χ0v) is 18.7. The summed E-state index contributed by atoms with van der Waals surface area (Å²) in [6, 6.07) is 24.8. The van der Waals surface area contributed by atoms with Crippen LogP contribution >= 0.6 is 0 Å². The number of carbonyl (C=O) groups excluding carboxylic acids is 1. The van der Waals surface area contributed by atoms with Crippen LogP contribution in [0.4, 0.5) is 5.69 Å². The average Bonchev–Trinajstić information content (AvgIpc) is 2.79. The molecule has 0 saturated heterocycles. The van der Waals surface area contributed by atoms with Gasteiger partial charge in [0.2, 0.25) is 0 Å². The number of sulfonamides is 1. The minimum Gasteiger partial charge on any atom is -0.350 e. The Kier molecular flexibility index (Phi) is 7.09. The van der Waals surface area contributed by atoms with Gasteiger partial charge in [-0.15, -0.1) is 0 Å². The van der Waals surface area contributed by atoms with Crippen LogP contribution in [-0.2, 0) is 10.0 Å². The standard InChI is InChI=1S/C24H27N3O3S/c1-26(2)23(19-11-6-4-7-12-19)18-25-24(28)20-13-10-16-22(17-20)31(29,30)27(3)21-14-8-5-9-15-21/h4-17,23H,18H2,1-3H3,(H,25,28). The number of nitrogens with zero attached hydrogens (tertiary/aromatic N) is 2. The molecule has 0 saturated carbocycles. The zero-order valence-electron chi connectivity index (χ0n) is 17.9. The number of hydrogen-bond acceptors (Lipinski definition) is 4. The minimum absolute atomic E-state index is 0.00118. The van der Waals surface area contributed by atoms with Crippen LogP contribution in [0.15, 0.2) is 89.8 Å². The Morgan fingerprint density at radius 1 is 0.871 bits per heavy atom. The summed E-state index contributed by atoms with van der Waals surface area (Å²) in [5, 5.41) is 2.93. The van der Waals surface area contributed by atoms with E-state index < -0.39 is 10.0 Å². The molecule has 3 rings (SSSR count). The van der Waals surface area contributed by atoms with Crippen LogP contribution in [-0.4, -0.2) is 46.9 Å². The largest absolute Gasteiger partial charge is 0.350 e. The molecule has 0 aliphatic heterocycles. The maximum atomic E-state index is 13.0. The Labute approximate surface area is 184 Å². The van der Waals surface area contributed by atoms with Crippen LogP contribution in [0.3, 0.4) is 0 Å². The molecule has 0 aliphatic carbocycles. The van der Waals surface area contributed by atoms with Crippen molar-refractivity contribution in [2.24, 2.45) is 0 Å². The van der Waals surface area contributed by atoms with Crippen LogP contribution < -0.4 is 9.62 Å². The summed E-state index contributed by atoms with van der Waals surface area (Å²) < 4.78 is 27.3. The van der Waals surface area contributed by atoms with Crippen molar-refractivity contribution in [2.75, 3.05) is 32.0 Å². The molecule has 1 unspecified atom stereocenters. The minimum atomic E-state index is -3.79. The number of likely N-dealkylation sites (N-methyl/N-ethyl adjacent to an activating group) is 1. The first kappa shape index (κ1) is 22.5. The third-order valence-electron chi connectivity index (χ3n) is 5.14. The number of rotatable bonds is 8. The van der Waals surface area contributed by atoms with Crippen molar-refractivity contribution in [3.8, 4) is 0 Å². The lowest BCUT2D eigenvalue weighted by Crippen LogP contribution is -2.34. The van der Waals surface area contributed by atoms with E-state index in [4.69, 9.17) is 0 Å². The van der Waals surface area contributed by atoms with E-state index in [1.165, 1.54) is 23.5 Å². The average molecular weight is 438 g/mol. The molecule has 3 aromatic rings. The first-order valence-corrected chi connectivity index (χ1v) is 11.4. The van der Waals surface area contributed by atoms with Crippen LogP contribution in [0, 0.1) is 0 Å². The predicted octanol–water partition coefficient (Wildman–Crippen LogP) is 3.54. The second-order valence-electron chi connectivity index (χ2n) is 7.44. The van der Waals surface area contributed by atoms with E-state index in [1.54, 1.807) is 36.4 Å². The second-order valence-corrected chi connectivity index (χ2v) is 9.41. The lowest BCUT2D eigenvalue weighted by molar-refractivity contribution is 0.0941. The van der Waals surface area contributed by atoms with Crippen molar-refractivity contribution in [2.45, 2.75) is 10.9 Å². The van der Waals surface area contributed by atoms with Gasteiger partial charge in [0.25, 0.3) is 15.9 Å². The molecule has 0 aromatic heterocycles. The van der Waals surface area contributed by atoms with E-state index in [0.717, 1.165) is 5.56 Å². The third kappa shape index (κ3) is 5.31. The van der Waals surface area contributed by atoms with Crippen LogP contribution in [0.1, 0.15) is 22.0 Å². The molecule has 7 heteroatoms. The molecular formula is C24H27N3O3S. The van der Waals surface area contributed by atoms with Crippen molar-refractivity contribution in [3.63, 3.8) is 0 Å². The molecule has 31 heavy (non-hydrogen) atoms. The highest BCUT2D eigenvalue weighted by Gasteiger charge is 2.23. The van der Waals surface area contributed by atoms with Crippen molar-refractivity contribution < 1.29 is 13.2 Å². The van der Waals surface area contributed by atoms with E-state index in [9.17, 15) is 13.2 Å². The smallest absolute Gasteiger partial charge is 0.264 e. The van der Waals surface area contributed by atoms with Crippen molar-refractivity contribution >= 4 is 21.6 Å². The highest BCUT2D eigenvalue weighted by molar-refractivity contribution is 7.92. The first-order valence-electron chi connectivity index (χ1n) is 9.94. The summed E-state index contributed by atoms with van der Waals surface area (Å²) in [6.07, 6.45) is 0. The van der Waals surface area contributed by atoms with Crippen molar-refractivity contribution in [3.05, 3.63) is 96.1 Å². The van der Waals surface area contributed by atoms with Crippen LogP contribution in [0.5, 0.6) is 0 Å². The highest BCUT2D eigenvalue weighted by atomic mass is 32.2. The van der Waals surface area contributed by atoms with Gasteiger partial charge in [-0.05, 0) is 50.0 Å². The Morgan fingerprint density at radius 3 is 2.10 bits per heavy atom. The Hall–Kier alpha value is -3.16. The van der Waals surface area contributed by atoms with Crippen LogP contribution in [0.25, 0.3) is 0 Å². The van der Waals surface area contributed by atoms with Crippen LogP contribution in [0.2, 0.25) is 0 Å². The van der Waals surface area contributed by atoms with Gasteiger partial charge in [-0.2, -0.15) is 0 Å². The molecule has 0 heterocycles. The third-order valence-corrected chi connectivity index (χ3v) is 6.92. The van der Waals surface area contributed by atoms with Gasteiger partial charge >= 0.3 is 0 Å². The second kappa shape index (κ2) is 9.76. The summed E-state index contributed by atoms with van der Waals surface area (Å²) in [5.74, 6) is -0.317. The number of anilines is 1. The number of nitrogens with one attached hydrogen (secondary N) is 1. The molecule has 6 nitrogen and oxygen atoms in total. The summed E-state index contributed by atoms with van der Waals surface area (Å²) in [4.78, 5) is 14.9. The normalized spacial score (nSPS) is 12.4. The molecule has 0 fully saturated rings. The fourth-order valence-corrected chi connectivity index (χ4v) is 4.54. The molecule has 162 valence electrons. The van der Waals surface area contributed by atoms with E-state index in [1.807, 2.05) is 55.4 Å². The van der Waals surface area contributed by atoms with E-state index in [-0.39, 0.29) is 16.8 Å². The van der Waals surface area contributed by atoms with Crippen molar-refractivity contribution in [1.29, 1.82) is 0 Å². The predicted molar refractivity (Wildman–Crippen MR) is 124 cm³/mol. The van der Waals surface area contributed by atoms with Crippen molar-refractivity contribution in [1.82, 2.24) is 10.2 Å². The fraction of sp³-hybridized carbons (Fsp3) is 0.208. The monoisotopic (exact) mass is 437 g/mol.